The van der Waals surface area contributed by atoms with E-state index in [1.807, 2.05) is 25.4 Å². The molecule has 1 saturated carbocycles. The maximum Gasteiger partial charge on any atom is 0.410 e. The molecule has 1 spiro atoms. The van der Waals surface area contributed by atoms with Crippen molar-refractivity contribution in [3.8, 4) is 11.9 Å². The number of carbonyl (C=O) groups is 1. The van der Waals surface area contributed by atoms with Crippen LogP contribution in [0.2, 0.25) is 0 Å². The van der Waals surface area contributed by atoms with Gasteiger partial charge in [-0.25, -0.2) is 14.8 Å². The van der Waals surface area contributed by atoms with Crippen molar-refractivity contribution in [3.05, 3.63) is 48.2 Å². The molecule has 9 nitrogen and oxygen atoms in total. The summed E-state index contributed by atoms with van der Waals surface area (Å²) >= 11 is 0. The van der Waals surface area contributed by atoms with E-state index < -0.39 is 5.60 Å². The molecule has 2 aliphatic rings. The van der Waals surface area contributed by atoms with Gasteiger partial charge in [0.1, 0.15) is 5.60 Å². The summed E-state index contributed by atoms with van der Waals surface area (Å²) < 4.78 is 13.5. The summed E-state index contributed by atoms with van der Waals surface area (Å²) in [7, 11) is 0. The Kier molecular flexibility index (Phi) is 5.60. The van der Waals surface area contributed by atoms with E-state index >= 15 is 0 Å². The second kappa shape index (κ2) is 8.60. The van der Waals surface area contributed by atoms with Crippen LogP contribution in [0.4, 0.5) is 4.79 Å². The standard InChI is InChI=1S/C25H28N6O3/c1-3-33-22-12-27-19(11-28-22)13-30-16-25(34-23(30)32)8-4-7-24(2,14-25)15-31-17-29-20-6-5-18(10-26)9-21(20)31/h5-6,9,11-12,17H,3-4,7-8,13-16H2,1-2H3/t24-,25-/m0/s1. The molecule has 34 heavy (non-hydrogen) atoms. The van der Waals surface area contributed by atoms with Crippen molar-refractivity contribution in [1.29, 1.82) is 5.26 Å². The van der Waals surface area contributed by atoms with Gasteiger partial charge in [0.15, 0.2) is 0 Å². The van der Waals surface area contributed by atoms with Gasteiger partial charge in [-0.3, -0.25) is 9.88 Å². The molecule has 1 amide bonds. The highest BCUT2D eigenvalue weighted by Crippen LogP contribution is 2.47. The number of benzene rings is 1. The lowest BCUT2D eigenvalue weighted by Gasteiger charge is -2.43. The van der Waals surface area contributed by atoms with E-state index in [2.05, 4.69) is 32.5 Å². The van der Waals surface area contributed by atoms with E-state index in [0.29, 0.717) is 36.8 Å². The molecule has 1 aliphatic carbocycles. The van der Waals surface area contributed by atoms with Crippen LogP contribution in [0.1, 0.15) is 50.8 Å². The minimum Gasteiger partial charge on any atom is -0.477 e. The first kappa shape index (κ1) is 22.1. The molecule has 3 heterocycles. The maximum atomic E-state index is 12.8. The molecule has 0 radical (unpaired) electrons. The third kappa shape index (κ3) is 4.28. The lowest BCUT2D eigenvalue weighted by molar-refractivity contribution is -0.0270. The highest BCUT2D eigenvalue weighted by atomic mass is 16.6. The summed E-state index contributed by atoms with van der Waals surface area (Å²) in [5.41, 5.74) is 2.59. The van der Waals surface area contributed by atoms with Crippen molar-refractivity contribution >= 4 is 17.1 Å². The quantitative estimate of drug-likeness (QED) is 0.546. The zero-order valence-electron chi connectivity index (χ0n) is 19.5. The first-order valence-electron chi connectivity index (χ1n) is 11.7. The Labute approximate surface area is 198 Å². The Morgan fingerprint density at radius 3 is 2.88 bits per heavy atom. The fourth-order valence-electron chi connectivity index (χ4n) is 5.47. The van der Waals surface area contributed by atoms with Crippen molar-refractivity contribution < 1.29 is 14.3 Å². The molecular formula is C25H28N6O3. The van der Waals surface area contributed by atoms with Crippen LogP contribution in [0.25, 0.3) is 11.0 Å². The summed E-state index contributed by atoms with van der Waals surface area (Å²) in [6.07, 6.45) is 8.42. The number of aromatic nitrogens is 4. The Balaban J connectivity index is 1.30. The molecule has 1 saturated heterocycles. The molecule has 0 bridgehead atoms. The van der Waals surface area contributed by atoms with Gasteiger partial charge in [0.05, 0.1) is 66.8 Å². The van der Waals surface area contributed by atoms with E-state index in [1.54, 1.807) is 23.4 Å². The van der Waals surface area contributed by atoms with Gasteiger partial charge in [-0.1, -0.05) is 6.92 Å². The largest absolute Gasteiger partial charge is 0.477 e. The zero-order chi connectivity index (χ0) is 23.8. The lowest BCUT2D eigenvalue weighted by Crippen LogP contribution is -2.44. The Hall–Kier alpha value is -3.67. The third-order valence-electron chi connectivity index (χ3n) is 6.83. The van der Waals surface area contributed by atoms with Crippen molar-refractivity contribution in [3.63, 3.8) is 0 Å². The van der Waals surface area contributed by atoms with Gasteiger partial charge in [-0.05, 0) is 56.2 Å². The predicted molar refractivity (Wildman–Crippen MR) is 124 cm³/mol. The van der Waals surface area contributed by atoms with Crippen molar-refractivity contribution in [2.24, 2.45) is 5.41 Å². The summed E-state index contributed by atoms with van der Waals surface area (Å²) in [6, 6.07) is 7.77. The molecule has 9 heteroatoms. The van der Waals surface area contributed by atoms with Gasteiger partial charge in [0.25, 0.3) is 0 Å². The summed E-state index contributed by atoms with van der Waals surface area (Å²) in [4.78, 5) is 27.6. The molecule has 0 N–H and O–H groups in total. The number of ether oxygens (including phenoxy) is 2. The number of nitrogens with zero attached hydrogens (tertiary/aromatic N) is 6. The minimum absolute atomic E-state index is 0.0657. The maximum absolute atomic E-state index is 12.8. The van der Waals surface area contributed by atoms with E-state index in [1.165, 1.54) is 0 Å². The van der Waals surface area contributed by atoms with E-state index in [0.717, 1.165) is 43.3 Å². The molecule has 1 aliphatic heterocycles. The number of carbonyl (C=O) groups excluding carboxylic acids is 1. The first-order chi connectivity index (χ1) is 16.4. The Morgan fingerprint density at radius 1 is 1.24 bits per heavy atom. The van der Waals surface area contributed by atoms with Gasteiger partial charge in [-0.15, -0.1) is 0 Å². The van der Waals surface area contributed by atoms with E-state index in [9.17, 15) is 10.1 Å². The number of hydrogen-bond donors (Lipinski definition) is 0. The first-order valence-corrected chi connectivity index (χ1v) is 11.7. The number of imidazole rings is 1. The summed E-state index contributed by atoms with van der Waals surface area (Å²) in [5, 5.41) is 9.28. The molecule has 2 atom stereocenters. The fraction of sp³-hybridized carbons (Fsp3) is 0.480. The number of amides is 1. The molecule has 2 fully saturated rings. The van der Waals surface area contributed by atoms with Crippen molar-refractivity contribution in [2.75, 3.05) is 13.2 Å². The molecule has 1 aromatic carbocycles. The van der Waals surface area contributed by atoms with Gasteiger partial charge in [0.2, 0.25) is 5.88 Å². The number of rotatable bonds is 6. The number of hydrogen-bond acceptors (Lipinski definition) is 7. The van der Waals surface area contributed by atoms with Crippen LogP contribution in [-0.2, 0) is 17.8 Å². The van der Waals surface area contributed by atoms with Crippen LogP contribution in [0.3, 0.4) is 0 Å². The zero-order valence-corrected chi connectivity index (χ0v) is 19.5. The Morgan fingerprint density at radius 2 is 2.12 bits per heavy atom. The number of nitriles is 1. The molecule has 5 rings (SSSR count). The molecule has 3 aromatic rings. The van der Waals surface area contributed by atoms with Crippen molar-refractivity contribution in [1.82, 2.24) is 24.4 Å². The summed E-state index contributed by atoms with van der Waals surface area (Å²) in [6.45, 7) is 6.33. The molecule has 0 unspecified atom stereocenters. The van der Waals surface area contributed by atoms with E-state index in [-0.39, 0.29) is 11.5 Å². The van der Waals surface area contributed by atoms with E-state index in [4.69, 9.17) is 9.47 Å². The molecule has 2 aromatic heterocycles. The average Bonchev–Trinajstić information content (AvgIpc) is 3.34. The van der Waals surface area contributed by atoms with Crippen molar-refractivity contribution in [2.45, 2.75) is 58.2 Å². The molecular weight excluding hydrogens is 432 g/mol. The Bertz CT molecular complexity index is 1250. The van der Waals surface area contributed by atoms with Gasteiger partial charge in [0, 0.05) is 6.54 Å². The minimum atomic E-state index is -0.503. The van der Waals surface area contributed by atoms with Gasteiger partial charge >= 0.3 is 6.09 Å². The SMILES string of the molecule is CCOc1cnc(CN2C[C@@]3(CCC[C@](C)(Cn4cnc5ccc(C#N)cc54)C3)OC2=O)cn1. The predicted octanol–water partition coefficient (Wildman–Crippen LogP) is 4.07. The third-order valence-corrected chi connectivity index (χ3v) is 6.83. The van der Waals surface area contributed by atoms with Crippen LogP contribution in [-0.4, -0.2) is 49.3 Å². The van der Waals surface area contributed by atoms with Crippen LogP contribution < -0.4 is 4.74 Å². The smallest absolute Gasteiger partial charge is 0.410 e. The van der Waals surface area contributed by atoms with Crippen LogP contribution in [0.15, 0.2) is 36.9 Å². The van der Waals surface area contributed by atoms with Crippen LogP contribution >= 0.6 is 0 Å². The number of fused-ring (bicyclic) bond motifs is 1. The normalized spacial score (nSPS) is 24.4. The van der Waals surface area contributed by atoms with Crippen LogP contribution in [0.5, 0.6) is 5.88 Å². The molecule has 176 valence electrons. The summed E-state index contributed by atoms with van der Waals surface area (Å²) in [5.74, 6) is 0.476. The van der Waals surface area contributed by atoms with Gasteiger partial charge in [-0.2, -0.15) is 5.26 Å². The highest BCUT2D eigenvalue weighted by Gasteiger charge is 2.51. The average molecular weight is 461 g/mol. The second-order valence-corrected chi connectivity index (χ2v) is 9.71. The fourth-order valence-corrected chi connectivity index (χ4v) is 5.47. The van der Waals surface area contributed by atoms with Gasteiger partial charge < -0.3 is 14.0 Å². The monoisotopic (exact) mass is 460 g/mol. The topological polar surface area (TPSA) is 106 Å². The second-order valence-electron chi connectivity index (χ2n) is 9.71. The van der Waals surface area contributed by atoms with Crippen LogP contribution in [0, 0.1) is 16.7 Å². The highest BCUT2D eigenvalue weighted by molar-refractivity contribution is 5.77. The lowest BCUT2D eigenvalue weighted by atomic mass is 9.68.